The summed E-state index contributed by atoms with van der Waals surface area (Å²) in [5.74, 6) is -4.18. The summed E-state index contributed by atoms with van der Waals surface area (Å²) in [5.41, 5.74) is -0.876. The van der Waals surface area contributed by atoms with Gasteiger partial charge in [-0.15, -0.1) is 0 Å². The number of carbonyl (C=O) groups is 3. The molecule has 0 aliphatic carbocycles. The Morgan fingerprint density at radius 1 is 0.882 bits per heavy atom. The molecule has 0 amide bonds. The second-order valence-corrected chi connectivity index (χ2v) is 9.14. The van der Waals surface area contributed by atoms with Gasteiger partial charge in [-0.1, -0.05) is 28.1 Å². The van der Waals surface area contributed by atoms with E-state index in [0.717, 1.165) is 9.04 Å². The van der Waals surface area contributed by atoms with E-state index >= 15 is 0 Å². The van der Waals surface area contributed by atoms with Crippen molar-refractivity contribution < 1.29 is 23.9 Å². The summed E-state index contributed by atoms with van der Waals surface area (Å²) < 4.78 is 12.9. The number of anilines is 2. The molecule has 180 valence electrons. The second-order valence-electron chi connectivity index (χ2n) is 8.22. The third-order valence-corrected chi connectivity index (χ3v) is 7.11. The largest absolute Gasteiger partial charge is 0.469 e. The molecule has 12 heteroatoms. The van der Waals surface area contributed by atoms with Gasteiger partial charge in [0, 0.05) is 31.2 Å². The van der Waals surface area contributed by atoms with Crippen LogP contribution in [-0.2, 0) is 33.2 Å². The van der Waals surface area contributed by atoms with Gasteiger partial charge in [-0.2, -0.15) is 0 Å². The van der Waals surface area contributed by atoms with Crippen LogP contribution in [0.4, 0.5) is 11.5 Å². The summed E-state index contributed by atoms with van der Waals surface area (Å²) in [7, 11) is 6.77. The van der Waals surface area contributed by atoms with Crippen molar-refractivity contribution >= 4 is 45.2 Å². The number of ketones is 1. The van der Waals surface area contributed by atoms with Crippen molar-refractivity contribution in [1.82, 2.24) is 9.13 Å². The van der Waals surface area contributed by atoms with Gasteiger partial charge in [0.05, 0.1) is 14.2 Å². The Morgan fingerprint density at radius 3 is 2.00 bits per heavy atom. The Labute approximate surface area is 202 Å². The van der Waals surface area contributed by atoms with Crippen LogP contribution in [0.5, 0.6) is 0 Å². The second kappa shape index (κ2) is 8.42. The molecule has 0 radical (unpaired) electrons. The van der Waals surface area contributed by atoms with Crippen LogP contribution in [0.2, 0.25) is 0 Å². The molecular formula is C22H23BrN4O7. The molecule has 0 spiro atoms. The van der Waals surface area contributed by atoms with E-state index in [9.17, 15) is 24.0 Å². The lowest BCUT2D eigenvalue weighted by Crippen LogP contribution is -2.48. The standard InChI is InChI=1S/C22H23BrN4O7/c1-24-17-13(21(31)34-5)12(20(30)33-4)14(16(28)10-6-8-11(23)9-7-10)27(17)15-18(24)25(2)22(32)26(3)19(15)29/h6-9,12-14,17H,1-5H3/t12-,13+,14-,17-/m1/s1. The van der Waals surface area contributed by atoms with E-state index in [-0.39, 0.29) is 17.1 Å². The summed E-state index contributed by atoms with van der Waals surface area (Å²) >= 11 is 3.33. The fraction of sp³-hybridized carbons (Fsp3) is 0.409. The first-order valence-electron chi connectivity index (χ1n) is 10.3. The van der Waals surface area contributed by atoms with Crippen molar-refractivity contribution in [3.05, 3.63) is 55.1 Å². The van der Waals surface area contributed by atoms with E-state index in [1.54, 1.807) is 36.2 Å². The number of benzene rings is 1. The highest BCUT2D eigenvalue weighted by Gasteiger charge is 2.64. The molecule has 0 N–H and O–H groups in total. The molecule has 11 nitrogen and oxygen atoms in total. The van der Waals surface area contributed by atoms with E-state index < -0.39 is 53.0 Å². The van der Waals surface area contributed by atoms with E-state index in [1.807, 2.05) is 0 Å². The van der Waals surface area contributed by atoms with Gasteiger partial charge >= 0.3 is 17.6 Å². The molecular weight excluding hydrogens is 512 g/mol. The number of aromatic nitrogens is 2. The highest BCUT2D eigenvalue weighted by Crippen LogP contribution is 2.49. The monoisotopic (exact) mass is 534 g/mol. The molecule has 3 heterocycles. The summed E-state index contributed by atoms with van der Waals surface area (Å²) in [4.78, 5) is 68.8. The zero-order valence-electron chi connectivity index (χ0n) is 19.1. The Bertz CT molecular complexity index is 1320. The molecule has 4 rings (SSSR count). The van der Waals surface area contributed by atoms with E-state index in [2.05, 4.69) is 15.9 Å². The average Bonchev–Trinajstić information content (AvgIpc) is 3.33. The molecule has 2 aromatic rings. The summed E-state index contributed by atoms with van der Waals surface area (Å²) in [6, 6.07) is 5.27. The maximum absolute atomic E-state index is 13.8. The van der Waals surface area contributed by atoms with Crippen LogP contribution >= 0.6 is 15.9 Å². The third-order valence-electron chi connectivity index (χ3n) is 6.58. The van der Waals surface area contributed by atoms with Gasteiger partial charge in [0.15, 0.2) is 5.78 Å². The SMILES string of the molecule is COC(=O)[C@@H]1[C@H](C(=O)OC)[C@@H]2N(C)c3c(c(=O)n(C)c(=O)n3C)N2[C@H]1C(=O)c1ccc(Br)cc1. The number of ether oxygens (including phenoxy) is 2. The number of fused-ring (bicyclic) bond motifs is 3. The molecule has 34 heavy (non-hydrogen) atoms. The minimum Gasteiger partial charge on any atom is -0.469 e. The molecule has 1 aromatic heterocycles. The Hall–Kier alpha value is -3.41. The number of halogens is 1. The zero-order chi connectivity index (χ0) is 25.1. The first-order chi connectivity index (χ1) is 16.1. The number of rotatable bonds is 4. The Kier molecular flexibility index (Phi) is 5.88. The normalized spacial score (nSPS) is 22.9. The minimum absolute atomic E-state index is 0.0490. The van der Waals surface area contributed by atoms with Crippen molar-refractivity contribution in [3.8, 4) is 0 Å². The van der Waals surface area contributed by atoms with Gasteiger partial charge < -0.3 is 19.3 Å². The lowest BCUT2D eigenvalue weighted by molar-refractivity contribution is -0.156. The molecule has 2 aliphatic heterocycles. The summed E-state index contributed by atoms with van der Waals surface area (Å²) in [6.07, 6.45) is -0.934. The lowest BCUT2D eigenvalue weighted by Gasteiger charge is -2.28. The number of nitrogens with zero attached hydrogens (tertiary/aromatic N) is 4. The van der Waals surface area contributed by atoms with Gasteiger partial charge in [0.1, 0.15) is 35.5 Å². The minimum atomic E-state index is -1.25. The molecule has 2 aliphatic rings. The molecule has 0 saturated carbocycles. The van der Waals surface area contributed by atoms with Crippen LogP contribution in [0.15, 0.2) is 38.3 Å². The van der Waals surface area contributed by atoms with Crippen LogP contribution in [0.1, 0.15) is 10.4 Å². The number of methoxy groups -OCH3 is 2. The van der Waals surface area contributed by atoms with Crippen LogP contribution in [0.3, 0.4) is 0 Å². The fourth-order valence-electron chi connectivity index (χ4n) is 5.05. The maximum atomic E-state index is 13.8. The van der Waals surface area contributed by atoms with Crippen molar-refractivity contribution in [1.29, 1.82) is 0 Å². The average molecular weight is 535 g/mol. The van der Waals surface area contributed by atoms with Crippen LogP contribution in [-0.4, -0.2) is 60.3 Å². The van der Waals surface area contributed by atoms with Gasteiger partial charge in [0.2, 0.25) is 0 Å². The van der Waals surface area contributed by atoms with E-state index in [1.165, 1.54) is 37.8 Å². The van der Waals surface area contributed by atoms with Gasteiger partial charge in [-0.25, -0.2) is 4.79 Å². The first-order valence-corrected chi connectivity index (χ1v) is 11.1. The highest BCUT2D eigenvalue weighted by atomic mass is 79.9. The number of carbonyl (C=O) groups excluding carboxylic acids is 3. The van der Waals surface area contributed by atoms with Crippen molar-refractivity contribution in [2.45, 2.75) is 12.2 Å². The van der Waals surface area contributed by atoms with Gasteiger partial charge in [0.25, 0.3) is 5.56 Å². The Morgan fingerprint density at radius 2 is 1.44 bits per heavy atom. The summed E-state index contributed by atoms with van der Waals surface area (Å²) in [6.45, 7) is 0. The molecule has 4 atom stereocenters. The molecule has 1 fully saturated rings. The molecule has 0 unspecified atom stereocenters. The van der Waals surface area contributed by atoms with Gasteiger partial charge in [-0.05, 0) is 12.1 Å². The maximum Gasteiger partial charge on any atom is 0.332 e. The Balaban J connectivity index is 2.03. The van der Waals surface area contributed by atoms with E-state index in [4.69, 9.17) is 9.47 Å². The molecule has 1 saturated heterocycles. The van der Waals surface area contributed by atoms with Gasteiger partial charge in [-0.3, -0.25) is 28.3 Å². The van der Waals surface area contributed by atoms with Crippen molar-refractivity contribution in [3.63, 3.8) is 0 Å². The number of hydrogen-bond donors (Lipinski definition) is 0. The lowest BCUT2D eigenvalue weighted by atomic mass is 9.85. The van der Waals surface area contributed by atoms with Crippen molar-refractivity contribution in [2.75, 3.05) is 31.1 Å². The molecule has 0 bridgehead atoms. The summed E-state index contributed by atoms with van der Waals surface area (Å²) in [5, 5.41) is 0. The van der Waals surface area contributed by atoms with Crippen LogP contribution in [0.25, 0.3) is 0 Å². The van der Waals surface area contributed by atoms with Crippen molar-refractivity contribution in [2.24, 2.45) is 25.9 Å². The topological polar surface area (TPSA) is 120 Å². The fourth-order valence-corrected chi connectivity index (χ4v) is 5.32. The first kappa shape index (κ1) is 23.7. The van der Waals surface area contributed by atoms with Crippen LogP contribution in [0, 0.1) is 11.8 Å². The zero-order valence-corrected chi connectivity index (χ0v) is 20.7. The highest BCUT2D eigenvalue weighted by molar-refractivity contribution is 9.10. The number of esters is 2. The molecule has 1 aromatic carbocycles. The number of Topliss-reactive ketones (excluding diaryl/α,β-unsaturated/α-hetero) is 1. The van der Waals surface area contributed by atoms with E-state index in [0.29, 0.717) is 0 Å². The quantitative estimate of drug-likeness (QED) is 0.402. The van der Waals surface area contributed by atoms with Crippen LogP contribution < -0.4 is 21.0 Å². The third kappa shape index (κ3) is 3.19. The number of hydrogen-bond acceptors (Lipinski definition) is 9. The smallest absolute Gasteiger partial charge is 0.332 e. The predicted molar refractivity (Wildman–Crippen MR) is 125 cm³/mol. The predicted octanol–water partition coefficient (Wildman–Crippen LogP) is 0.272.